The third kappa shape index (κ3) is 3.07. The number of methoxy groups -OCH3 is 1. The molecule has 1 unspecified atom stereocenters. The summed E-state index contributed by atoms with van der Waals surface area (Å²) in [4.78, 5) is 25.5. The fraction of sp³-hybridized carbons (Fsp3) is 0.176. The van der Waals surface area contributed by atoms with Crippen LogP contribution in [-0.2, 0) is 9.53 Å². The number of pyridine rings is 2. The Morgan fingerprint density at radius 3 is 2.67 bits per heavy atom. The first-order valence-electron chi connectivity index (χ1n) is 7.27. The van der Waals surface area contributed by atoms with E-state index in [1.165, 1.54) is 7.11 Å². The summed E-state index contributed by atoms with van der Waals surface area (Å²) in [5.41, 5.74) is 2.61. The molecule has 3 rings (SSSR count). The first kappa shape index (κ1) is 16.3. The predicted octanol–water partition coefficient (Wildman–Crippen LogP) is 2.78. The first-order valence-corrected chi connectivity index (χ1v) is 8.07. The van der Waals surface area contributed by atoms with Gasteiger partial charge in [0, 0.05) is 23.7 Å². The monoisotopic (exact) mass is 386 g/mol. The number of allylic oxidation sites excluding steroid dienone is 1. The maximum Gasteiger partial charge on any atom is 0.338 e. The van der Waals surface area contributed by atoms with E-state index < -0.39 is 12.0 Å². The number of ether oxygens (including phenoxy) is 1. The molecule has 0 radical (unpaired) electrons. The van der Waals surface area contributed by atoms with Gasteiger partial charge in [0.05, 0.1) is 12.7 Å². The van der Waals surface area contributed by atoms with E-state index in [0.717, 1.165) is 5.56 Å². The molecule has 0 saturated heterocycles. The lowest BCUT2D eigenvalue weighted by atomic mass is 9.97. The molecular weight excluding hydrogens is 372 g/mol. The van der Waals surface area contributed by atoms with Gasteiger partial charge >= 0.3 is 5.97 Å². The Morgan fingerprint density at radius 1 is 1.21 bits per heavy atom. The van der Waals surface area contributed by atoms with Crippen LogP contribution in [0.5, 0.6) is 0 Å². The summed E-state index contributed by atoms with van der Waals surface area (Å²) in [5.74, 6) is 0.172. The molecule has 7 heteroatoms. The first-order chi connectivity index (χ1) is 11.6. The predicted molar refractivity (Wildman–Crippen MR) is 93.3 cm³/mol. The van der Waals surface area contributed by atoms with Crippen LogP contribution in [0.4, 0.5) is 0 Å². The van der Waals surface area contributed by atoms with Crippen LogP contribution in [0.3, 0.4) is 0 Å². The minimum Gasteiger partial charge on any atom is -0.466 e. The number of hydrogen-bond donors (Lipinski definition) is 1. The van der Waals surface area contributed by atoms with Crippen LogP contribution in [0.1, 0.15) is 24.2 Å². The van der Waals surface area contributed by atoms with Gasteiger partial charge in [0.15, 0.2) is 5.84 Å². The molecule has 24 heavy (non-hydrogen) atoms. The van der Waals surface area contributed by atoms with Gasteiger partial charge in [0.2, 0.25) is 0 Å². The van der Waals surface area contributed by atoms with Crippen LogP contribution < -0.4 is 5.32 Å². The van der Waals surface area contributed by atoms with E-state index in [-0.39, 0.29) is 0 Å². The summed E-state index contributed by atoms with van der Waals surface area (Å²) in [6.07, 6.45) is 3.37. The zero-order valence-electron chi connectivity index (χ0n) is 13.2. The van der Waals surface area contributed by atoms with E-state index in [0.29, 0.717) is 27.4 Å². The van der Waals surface area contributed by atoms with E-state index in [4.69, 9.17) is 9.73 Å². The average Bonchev–Trinajstić information content (AvgIpc) is 2.61. The van der Waals surface area contributed by atoms with Gasteiger partial charge in [0.1, 0.15) is 16.3 Å². The molecule has 0 fully saturated rings. The number of aliphatic imine (C=N–C) groups is 1. The number of rotatable bonds is 3. The van der Waals surface area contributed by atoms with Gasteiger partial charge in [-0.05, 0) is 41.1 Å². The molecule has 3 heterocycles. The minimum absolute atomic E-state index is 0.426. The lowest BCUT2D eigenvalue weighted by molar-refractivity contribution is -0.136. The van der Waals surface area contributed by atoms with Crippen LogP contribution in [0, 0.1) is 0 Å². The van der Waals surface area contributed by atoms with Crippen molar-refractivity contribution in [1.29, 1.82) is 0 Å². The molecule has 1 aliphatic rings. The van der Waals surface area contributed by atoms with Crippen molar-refractivity contribution in [2.45, 2.75) is 13.0 Å². The number of carbonyl (C=O) groups is 1. The third-order valence-electron chi connectivity index (χ3n) is 3.64. The summed E-state index contributed by atoms with van der Waals surface area (Å²) >= 11 is 3.44. The lowest BCUT2D eigenvalue weighted by Crippen LogP contribution is -2.33. The molecule has 0 aliphatic carbocycles. The number of amidine groups is 1. The van der Waals surface area contributed by atoms with Gasteiger partial charge in [-0.1, -0.05) is 12.1 Å². The molecule has 0 aromatic carbocycles. The summed E-state index contributed by atoms with van der Waals surface area (Å²) in [6, 6.07) is 8.74. The molecule has 2 aromatic rings. The normalized spacial score (nSPS) is 17.1. The van der Waals surface area contributed by atoms with Crippen molar-refractivity contribution >= 4 is 27.7 Å². The second-order valence-corrected chi connectivity index (χ2v) is 5.89. The SMILES string of the molecule is COC(=O)C1=C(C)NC(c2ccccn2)=NC1c1cccnc1Br. The van der Waals surface area contributed by atoms with Crippen LogP contribution in [0.15, 0.2) is 63.6 Å². The summed E-state index contributed by atoms with van der Waals surface area (Å²) in [5, 5.41) is 3.15. The second kappa shape index (κ2) is 6.92. The highest BCUT2D eigenvalue weighted by Crippen LogP contribution is 2.34. The number of aromatic nitrogens is 2. The zero-order chi connectivity index (χ0) is 17.1. The van der Waals surface area contributed by atoms with Crippen LogP contribution >= 0.6 is 15.9 Å². The molecule has 122 valence electrons. The third-order valence-corrected chi connectivity index (χ3v) is 4.30. The Kier molecular flexibility index (Phi) is 4.71. The number of nitrogens with one attached hydrogen (secondary N) is 1. The number of hydrogen-bond acceptors (Lipinski definition) is 6. The fourth-order valence-corrected chi connectivity index (χ4v) is 2.98. The Balaban J connectivity index is 2.13. The quantitative estimate of drug-likeness (QED) is 0.648. The highest BCUT2D eigenvalue weighted by atomic mass is 79.9. The molecule has 6 nitrogen and oxygen atoms in total. The standard InChI is InChI=1S/C17H15BrN4O2/c1-10-13(17(23)24-2)14(11-6-5-9-20-15(11)18)22-16(21-10)12-7-3-4-8-19-12/h3-9,14H,1-2H3,(H,21,22). The number of esters is 1. The maximum atomic E-state index is 12.3. The number of nitrogens with zero attached hydrogens (tertiary/aromatic N) is 3. The molecule has 1 aliphatic heterocycles. The number of carbonyl (C=O) groups excluding carboxylic acids is 1. The van der Waals surface area contributed by atoms with Crippen LogP contribution in [-0.4, -0.2) is 28.9 Å². The summed E-state index contributed by atoms with van der Waals surface area (Å²) in [6.45, 7) is 1.82. The zero-order valence-corrected chi connectivity index (χ0v) is 14.7. The molecule has 1 N–H and O–H groups in total. The van der Waals surface area contributed by atoms with Crippen LogP contribution in [0.2, 0.25) is 0 Å². The van der Waals surface area contributed by atoms with Crippen molar-refractivity contribution in [2.24, 2.45) is 4.99 Å². The molecule has 0 saturated carbocycles. The smallest absolute Gasteiger partial charge is 0.338 e. The highest BCUT2D eigenvalue weighted by molar-refractivity contribution is 9.10. The minimum atomic E-state index is -0.529. The largest absolute Gasteiger partial charge is 0.466 e. The van der Waals surface area contributed by atoms with E-state index >= 15 is 0 Å². The van der Waals surface area contributed by atoms with Crippen molar-refractivity contribution in [3.8, 4) is 0 Å². The molecule has 1 atom stereocenters. The van der Waals surface area contributed by atoms with Crippen molar-refractivity contribution in [2.75, 3.05) is 7.11 Å². The Bertz CT molecular complexity index is 833. The topological polar surface area (TPSA) is 76.5 Å². The van der Waals surface area contributed by atoms with E-state index in [1.54, 1.807) is 12.4 Å². The Labute approximate surface area is 147 Å². The van der Waals surface area contributed by atoms with Gasteiger partial charge < -0.3 is 10.1 Å². The average molecular weight is 387 g/mol. The molecule has 0 spiro atoms. The lowest BCUT2D eigenvalue weighted by Gasteiger charge is -2.25. The molecule has 0 bridgehead atoms. The van der Waals surface area contributed by atoms with Gasteiger partial charge in [-0.3, -0.25) is 9.98 Å². The fourth-order valence-electron chi connectivity index (χ4n) is 2.51. The van der Waals surface area contributed by atoms with Crippen molar-refractivity contribution in [3.63, 3.8) is 0 Å². The van der Waals surface area contributed by atoms with E-state index in [9.17, 15) is 4.79 Å². The molecule has 0 amide bonds. The second-order valence-electron chi connectivity index (χ2n) is 5.13. The summed E-state index contributed by atoms with van der Waals surface area (Å²) < 4.78 is 5.57. The number of halogens is 1. The van der Waals surface area contributed by atoms with Gasteiger partial charge in [-0.2, -0.15) is 0 Å². The van der Waals surface area contributed by atoms with Crippen molar-refractivity contribution in [3.05, 3.63) is 69.9 Å². The maximum absolute atomic E-state index is 12.3. The van der Waals surface area contributed by atoms with Gasteiger partial charge in [-0.25, -0.2) is 9.78 Å². The van der Waals surface area contributed by atoms with Gasteiger partial charge in [-0.15, -0.1) is 0 Å². The molecular formula is C17H15BrN4O2. The highest BCUT2D eigenvalue weighted by Gasteiger charge is 2.31. The van der Waals surface area contributed by atoms with Gasteiger partial charge in [0.25, 0.3) is 0 Å². The molecule has 2 aromatic heterocycles. The Hall–Kier alpha value is -2.54. The van der Waals surface area contributed by atoms with E-state index in [1.807, 2.05) is 37.3 Å². The van der Waals surface area contributed by atoms with Crippen LogP contribution in [0.25, 0.3) is 0 Å². The van der Waals surface area contributed by atoms with E-state index in [2.05, 4.69) is 31.2 Å². The van der Waals surface area contributed by atoms with Crippen molar-refractivity contribution in [1.82, 2.24) is 15.3 Å². The van der Waals surface area contributed by atoms with Crippen molar-refractivity contribution < 1.29 is 9.53 Å². The summed E-state index contributed by atoms with van der Waals surface area (Å²) in [7, 11) is 1.36. The Morgan fingerprint density at radius 2 is 2.00 bits per heavy atom.